The van der Waals surface area contributed by atoms with E-state index < -0.39 is 22.2 Å². The first-order chi connectivity index (χ1) is 13.9. The van der Waals surface area contributed by atoms with Crippen molar-refractivity contribution < 1.29 is 31.5 Å². The Labute approximate surface area is 179 Å². The number of aliphatic carboxylic acids is 1. The minimum atomic E-state index is -5.08. The molecule has 0 amide bonds. The van der Waals surface area contributed by atoms with Gasteiger partial charge in [0.2, 0.25) is 0 Å². The molecule has 3 rings (SSSR count). The van der Waals surface area contributed by atoms with Crippen LogP contribution in [-0.4, -0.2) is 49.8 Å². The number of halogens is 4. The Balaban J connectivity index is 0.000000396. The molecule has 0 spiro atoms. The van der Waals surface area contributed by atoms with Gasteiger partial charge in [0.1, 0.15) is 0 Å². The van der Waals surface area contributed by atoms with Gasteiger partial charge < -0.3 is 15.7 Å². The fourth-order valence-electron chi connectivity index (χ4n) is 2.43. The Bertz CT molecular complexity index is 971. The molecule has 2 aromatic rings. The molecule has 2 atom stereocenters. The van der Waals surface area contributed by atoms with E-state index >= 15 is 0 Å². The summed E-state index contributed by atoms with van der Waals surface area (Å²) in [5, 5.41) is 16.2. The van der Waals surface area contributed by atoms with Crippen LogP contribution in [0.5, 0.6) is 0 Å². The number of rotatable bonds is 5. The molecule has 0 saturated carbocycles. The van der Waals surface area contributed by atoms with Crippen LogP contribution in [0.3, 0.4) is 0 Å². The summed E-state index contributed by atoms with van der Waals surface area (Å²) in [6.07, 6.45) is -3.54. The fourth-order valence-corrected chi connectivity index (χ4v) is 4.55. The number of nitrogens with zero attached hydrogens (tertiary/aromatic N) is 1. The third-order valence-electron chi connectivity index (χ3n) is 4.01. The van der Waals surface area contributed by atoms with Gasteiger partial charge in [-0.2, -0.15) is 13.2 Å². The Morgan fingerprint density at radius 1 is 1.37 bits per heavy atom. The highest BCUT2D eigenvalue weighted by atomic mass is 35.5. The molecule has 1 aromatic carbocycles. The van der Waals surface area contributed by atoms with Gasteiger partial charge in [-0.25, -0.2) is 18.2 Å². The summed E-state index contributed by atoms with van der Waals surface area (Å²) in [7, 11) is -3.69. The second kappa shape index (κ2) is 9.81. The van der Waals surface area contributed by atoms with E-state index in [4.69, 9.17) is 21.5 Å². The molecule has 2 heterocycles. The molecule has 1 fully saturated rings. The van der Waals surface area contributed by atoms with E-state index in [9.17, 15) is 21.6 Å². The van der Waals surface area contributed by atoms with Gasteiger partial charge in [0.15, 0.2) is 5.13 Å². The Morgan fingerprint density at radius 3 is 2.50 bits per heavy atom. The summed E-state index contributed by atoms with van der Waals surface area (Å²) in [5.74, 6) is -2.27. The van der Waals surface area contributed by atoms with Crippen LogP contribution in [-0.2, 0) is 14.8 Å². The number of carboxylic acids is 1. The minimum absolute atomic E-state index is 0.112. The monoisotopic (exact) mass is 486 g/mol. The van der Waals surface area contributed by atoms with E-state index in [1.807, 2.05) is 0 Å². The van der Waals surface area contributed by atoms with E-state index in [1.54, 1.807) is 17.6 Å². The van der Waals surface area contributed by atoms with Crippen molar-refractivity contribution in [3.05, 3.63) is 34.8 Å². The van der Waals surface area contributed by atoms with Crippen molar-refractivity contribution in [3.8, 4) is 0 Å². The first kappa shape index (κ1) is 24.2. The number of sulfonamides is 1. The second-order valence-corrected chi connectivity index (χ2v) is 9.26. The Morgan fingerprint density at radius 2 is 2.03 bits per heavy atom. The molecule has 166 valence electrons. The summed E-state index contributed by atoms with van der Waals surface area (Å²) in [6.45, 7) is 3.98. The standard InChI is InChI=1S/C14H17ClN4O2S2.C2HF3O2/c1-9-7-16-8-13(9)18-12-3-2-10(6-11(12)15)23(20,21)19-14-17-4-5-22-14;3-2(4,5)1(6)7/h2-6,9,13,16,18H,7-8H2,1H3,(H,17,19);(H,6,7)/t9-,13-;/m0./s1. The van der Waals surface area contributed by atoms with Crippen LogP contribution in [0.25, 0.3) is 0 Å². The predicted molar refractivity (Wildman–Crippen MR) is 108 cm³/mol. The Kier molecular flexibility index (Phi) is 7.91. The SMILES string of the molecule is C[C@H]1CNC[C@@H]1Nc1ccc(S(=O)(=O)Nc2nccs2)cc1Cl.O=C(O)C(F)(F)F. The zero-order valence-corrected chi connectivity index (χ0v) is 17.8. The third kappa shape index (κ3) is 6.72. The first-order valence-corrected chi connectivity index (χ1v) is 11.1. The molecule has 0 bridgehead atoms. The molecular formula is C16H18ClF3N4O4S2. The molecule has 1 aromatic heterocycles. The highest BCUT2D eigenvalue weighted by Crippen LogP contribution is 2.28. The van der Waals surface area contributed by atoms with Crippen molar-refractivity contribution in [1.82, 2.24) is 10.3 Å². The maximum Gasteiger partial charge on any atom is 0.490 e. The molecule has 8 nitrogen and oxygen atoms in total. The number of carboxylic acid groups (broad SMARTS) is 1. The van der Waals surface area contributed by atoms with Gasteiger partial charge in [-0.15, -0.1) is 11.3 Å². The molecule has 4 N–H and O–H groups in total. The lowest BCUT2D eigenvalue weighted by Gasteiger charge is -2.19. The van der Waals surface area contributed by atoms with Crippen molar-refractivity contribution in [2.75, 3.05) is 23.1 Å². The summed E-state index contributed by atoms with van der Waals surface area (Å²) in [5.41, 5.74) is 0.736. The quantitative estimate of drug-likeness (QED) is 0.512. The number of benzene rings is 1. The van der Waals surface area contributed by atoms with Crippen molar-refractivity contribution in [2.45, 2.75) is 24.0 Å². The number of nitrogens with one attached hydrogen (secondary N) is 3. The minimum Gasteiger partial charge on any atom is -0.475 e. The summed E-state index contributed by atoms with van der Waals surface area (Å²) in [4.78, 5) is 12.9. The van der Waals surface area contributed by atoms with E-state index in [2.05, 4.69) is 27.3 Å². The number of alkyl halides is 3. The molecule has 1 aliphatic rings. The smallest absolute Gasteiger partial charge is 0.475 e. The molecule has 14 heteroatoms. The second-order valence-electron chi connectivity index (χ2n) is 6.27. The molecule has 1 aliphatic heterocycles. The fraction of sp³-hybridized carbons (Fsp3) is 0.375. The van der Waals surface area contributed by atoms with Gasteiger partial charge >= 0.3 is 12.1 Å². The van der Waals surface area contributed by atoms with Gasteiger partial charge in [-0.05, 0) is 30.7 Å². The topological polar surface area (TPSA) is 120 Å². The molecule has 0 unspecified atom stereocenters. The van der Waals surface area contributed by atoms with Gasteiger partial charge in [0, 0.05) is 24.2 Å². The van der Waals surface area contributed by atoms with Crippen molar-refractivity contribution in [1.29, 1.82) is 0 Å². The van der Waals surface area contributed by atoms with Gasteiger partial charge in [0.05, 0.1) is 15.6 Å². The van der Waals surface area contributed by atoms with Crippen LogP contribution in [0.15, 0.2) is 34.7 Å². The molecule has 0 radical (unpaired) electrons. The molecular weight excluding hydrogens is 469 g/mol. The highest BCUT2D eigenvalue weighted by Gasteiger charge is 2.38. The van der Waals surface area contributed by atoms with E-state index in [-0.39, 0.29) is 10.9 Å². The van der Waals surface area contributed by atoms with Gasteiger partial charge in [-0.1, -0.05) is 18.5 Å². The van der Waals surface area contributed by atoms with Crippen molar-refractivity contribution in [3.63, 3.8) is 0 Å². The number of hydrogen-bond donors (Lipinski definition) is 4. The number of thiazole rings is 1. The zero-order chi connectivity index (χ0) is 22.5. The maximum atomic E-state index is 12.3. The predicted octanol–water partition coefficient (Wildman–Crippen LogP) is 3.25. The number of hydrogen-bond acceptors (Lipinski definition) is 7. The van der Waals surface area contributed by atoms with E-state index in [1.165, 1.54) is 23.5 Å². The van der Waals surface area contributed by atoms with Crippen molar-refractivity contribution in [2.24, 2.45) is 5.92 Å². The average Bonchev–Trinajstić information content (AvgIpc) is 3.28. The lowest BCUT2D eigenvalue weighted by atomic mass is 10.1. The van der Waals surface area contributed by atoms with Gasteiger partial charge in [0.25, 0.3) is 10.0 Å². The van der Waals surface area contributed by atoms with Crippen LogP contribution >= 0.6 is 22.9 Å². The summed E-state index contributed by atoms with van der Waals surface area (Å²) >= 11 is 7.47. The van der Waals surface area contributed by atoms with Crippen LogP contribution in [0.4, 0.5) is 24.0 Å². The summed E-state index contributed by atoms with van der Waals surface area (Å²) < 4.78 is 58.8. The first-order valence-electron chi connectivity index (χ1n) is 8.39. The maximum absolute atomic E-state index is 12.3. The molecule has 0 aliphatic carbocycles. The summed E-state index contributed by atoms with van der Waals surface area (Å²) in [6, 6.07) is 4.97. The van der Waals surface area contributed by atoms with Crippen LogP contribution < -0.4 is 15.4 Å². The van der Waals surface area contributed by atoms with Crippen LogP contribution in [0, 0.1) is 5.92 Å². The van der Waals surface area contributed by atoms with Crippen molar-refractivity contribution >= 4 is 49.7 Å². The van der Waals surface area contributed by atoms with Crippen LogP contribution in [0.2, 0.25) is 5.02 Å². The molecule has 1 saturated heterocycles. The number of anilines is 2. The molecule has 30 heavy (non-hydrogen) atoms. The number of aromatic nitrogens is 1. The normalized spacial score (nSPS) is 19.0. The number of carbonyl (C=O) groups is 1. The third-order valence-corrected chi connectivity index (χ3v) is 6.47. The van der Waals surface area contributed by atoms with Crippen LogP contribution in [0.1, 0.15) is 6.92 Å². The largest absolute Gasteiger partial charge is 0.490 e. The zero-order valence-electron chi connectivity index (χ0n) is 15.4. The lowest BCUT2D eigenvalue weighted by molar-refractivity contribution is -0.192. The van der Waals surface area contributed by atoms with E-state index in [0.29, 0.717) is 16.1 Å². The van der Waals surface area contributed by atoms with Gasteiger partial charge in [-0.3, -0.25) is 4.72 Å². The lowest BCUT2D eigenvalue weighted by Crippen LogP contribution is -2.26. The highest BCUT2D eigenvalue weighted by molar-refractivity contribution is 7.93. The Hall–Kier alpha value is -2.09. The average molecular weight is 487 g/mol. The van der Waals surface area contributed by atoms with E-state index in [0.717, 1.165) is 18.8 Å².